The van der Waals surface area contributed by atoms with Gasteiger partial charge in [-0.05, 0) is 73.9 Å². The molecule has 4 aromatic rings. The molecule has 49 heavy (non-hydrogen) atoms. The zero-order valence-electron chi connectivity index (χ0n) is 27.4. The van der Waals surface area contributed by atoms with E-state index in [1.807, 2.05) is 37.3 Å². The van der Waals surface area contributed by atoms with E-state index < -0.39 is 28.5 Å². The Labute approximate surface area is 299 Å². The summed E-state index contributed by atoms with van der Waals surface area (Å²) in [6, 6.07) is 28.0. The lowest BCUT2D eigenvalue weighted by Crippen LogP contribution is -2.55. The molecule has 4 aromatic carbocycles. The molecule has 1 aliphatic rings. The van der Waals surface area contributed by atoms with Gasteiger partial charge in [-0.1, -0.05) is 97.1 Å². The fourth-order valence-electron chi connectivity index (χ4n) is 6.08. The van der Waals surface area contributed by atoms with Crippen LogP contribution in [0.15, 0.2) is 108 Å². The normalized spacial score (nSPS) is 14.1. The third kappa shape index (κ3) is 9.35. The summed E-state index contributed by atoms with van der Waals surface area (Å²) in [6.07, 6.45) is 5.06. The predicted molar refractivity (Wildman–Crippen MR) is 195 cm³/mol. The van der Waals surface area contributed by atoms with Crippen LogP contribution >= 0.6 is 23.2 Å². The molecule has 1 saturated carbocycles. The number of nitrogens with one attached hydrogen (secondary N) is 1. The smallest absolute Gasteiger partial charge is 0.264 e. The van der Waals surface area contributed by atoms with Crippen molar-refractivity contribution < 1.29 is 22.7 Å². The second-order valence-corrected chi connectivity index (χ2v) is 14.7. The standard InChI is InChI=1S/C38H41Cl2N3O5S/c1-2-48-31-21-23-32(24-22-31)49(46,47)43(30-17-10-5-11-18-30)27-37(44)42(26-33-34(39)19-12-20-35(33)40)36(25-28-13-6-3-7-14-28)38(45)41-29-15-8-4-9-16-29/h3,5-7,10-14,17-24,29,36H,2,4,8-9,15-16,25-27H2,1H3,(H,41,45)/t36-/m1/s1. The highest BCUT2D eigenvalue weighted by Crippen LogP contribution is 2.30. The molecular weight excluding hydrogens is 681 g/mol. The van der Waals surface area contributed by atoms with Gasteiger partial charge in [0.25, 0.3) is 10.0 Å². The van der Waals surface area contributed by atoms with E-state index in [9.17, 15) is 18.0 Å². The van der Waals surface area contributed by atoms with Crippen LogP contribution in [-0.2, 0) is 32.6 Å². The number of carbonyl (C=O) groups excluding carboxylic acids is 2. The summed E-state index contributed by atoms with van der Waals surface area (Å²) in [4.78, 5) is 30.4. The van der Waals surface area contributed by atoms with E-state index in [1.165, 1.54) is 17.0 Å². The molecule has 258 valence electrons. The van der Waals surface area contributed by atoms with E-state index in [0.717, 1.165) is 42.0 Å². The summed E-state index contributed by atoms with van der Waals surface area (Å²) in [7, 11) is -4.25. The molecule has 1 N–H and O–H groups in total. The fraction of sp³-hybridized carbons (Fsp3) is 0.316. The number of carbonyl (C=O) groups is 2. The van der Waals surface area contributed by atoms with Crippen molar-refractivity contribution in [2.45, 2.75) is 69.0 Å². The predicted octanol–water partition coefficient (Wildman–Crippen LogP) is 7.68. The van der Waals surface area contributed by atoms with Gasteiger partial charge < -0.3 is 15.0 Å². The van der Waals surface area contributed by atoms with Crippen molar-refractivity contribution in [3.05, 3.63) is 124 Å². The van der Waals surface area contributed by atoms with Gasteiger partial charge in [-0.3, -0.25) is 13.9 Å². The van der Waals surface area contributed by atoms with E-state index in [2.05, 4.69) is 5.32 Å². The molecule has 0 aromatic heterocycles. The van der Waals surface area contributed by atoms with Crippen LogP contribution in [0, 0.1) is 0 Å². The average Bonchev–Trinajstić information content (AvgIpc) is 3.11. The van der Waals surface area contributed by atoms with E-state index in [4.69, 9.17) is 27.9 Å². The molecule has 8 nitrogen and oxygen atoms in total. The topological polar surface area (TPSA) is 96.0 Å². The maximum atomic E-state index is 14.7. The number of sulfonamides is 1. The minimum atomic E-state index is -4.25. The lowest BCUT2D eigenvalue weighted by molar-refractivity contribution is -0.140. The largest absolute Gasteiger partial charge is 0.494 e. The molecule has 0 bridgehead atoms. The molecule has 0 saturated heterocycles. The Kier molecular flexibility index (Phi) is 12.6. The van der Waals surface area contributed by atoms with Crippen LogP contribution in [0.25, 0.3) is 0 Å². The molecule has 1 atom stereocenters. The summed E-state index contributed by atoms with van der Waals surface area (Å²) in [5.74, 6) is -0.374. The van der Waals surface area contributed by atoms with Gasteiger partial charge in [0.05, 0.1) is 17.2 Å². The first kappa shape index (κ1) is 36.2. The number of halogens is 2. The molecular formula is C38H41Cl2N3O5S. The molecule has 0 unspecified atom stereocenters. The number of nitrogens with zero attached hydrogens (tertiary/aromatic N) is 2. The Hall–Kier alpha value is -4.05. The number of hydrogen-bond acceptors (Lipinski definition) is 5. The molecule has 1 aliphatic carbocycles. The third-order valence-corrected chi connectivity index (χ3v) is 11.2. The second kappa shape index (κ2) is 17.1. The van der Waals surface area contributed by atoms with Crippen molar-refractivity contribution >= 4 is 50.7 Å². The van der Waals surface area contributed by atoms with Crippen molar-refractivity contribution in [3.8, 4) is 5.75 Å². The summed E-state index contributed by atoms with van der Waals surface area (Å²) in [5, 5.41) is 3.87. The lowest BCUT2D eigenvalue weighted by Gasteiger charge is -2.35. The molecule has 2 amide bonds. The van der Waals surface area contributed by atoms with Crippen molar-refractivity contribution in [2.75, 3.05) is 17.5 Å². The summed E-state index contributed by atoms with van der Waals surface area (Å²) < 4.78 is 35.1. The fourth-order valence-corrected chi connectivity index (χ4v) is 8.01. The zero-order valence-corrected chi connectivity index (χ0v) is 29.8. The van der Waals surface area contributed by atoms with E-state index in [0.29, 0.717) is 33.7 Å². The Morgan fingerprint density at radius 1 is 0.837 bits per heavy atom. The van der Waals surface area contributed by atoms with Crippen LogP contribution < -0.4 is 14.4 Å². The van der Waals surface area contributed by atoms with Gasteiger partial charge >= 0.3 is 0 Å². The van der Waals surface area contributed by atoms with Crippen molar-refractivity contribution in [1.29, 1.82) is 0 Å². The third-order valence-electron chi connectivity index (χ3n) is 8.66. The number of benzene rings is 4. The summed E-state index contributed by atoms with van der Waals surface area (Å²) >= 11 is 13.3. The number of anilines is 1. The molecule has 0 aliphatic heterocycles. The molecule has 11 heteroatoms. The highest BCUT2D eigenvalue weighted by molar-refractivity contribution is 7.92. The van der Waals surface area contributed by atoms with Gasteiger partial charge in [0.2, 0.25) is 11.8 Å². The van der Waals surface area contributed by atoms with Gasteiger partial charge in [-0.2, -0.15) is 0 Å². The van der Waals surface area contributed by atoms with Gasteiger partial charge in [0, 0.05) is 34.6 Å². The Balaban J connectivity index is 1.57. The monoisotopic (exact) mass is 721 g/mol. The first-order valence-corrected chi connectivity index (χ1v) is 18.7. The van der Waals surface area contributed by atoms with Crippen LogP contribution in [0.1, 0.15) is 50.2 Å². The molecule has 0 radical (unpaired) electrons. The Morgan fingerprint density at radius 3 is 2.06 bits per heavy atom. The Bertz CT molecular complexity index is 1780. The number of para-hydroxylation sites is 1. The van der Waals surface area contributed by atoms with Gasteiger partial charge in [-0.25, -0.2) is 8.42 Å². The van der Waals surface area contributed by atoms with Crippen LogP contribution in [-0.4, -0.2) is 50.4 Å². The quantitative estimate of drug-likeness (QED) is 0.144. The minimum Gasteiger partial charge on any atom is -0.494 e. The first-order chi connectivity index (χ1) is 23.7. The van der Waals surface area contributed by atoms with E-state index in [-0.39, 0.29) is 29.8 Å². The molecule has 1 fully saturated rings. The minimum absolute atomic E-state index is 0.0100. The maximum absolute atomic E-state index is 14.7. The molecule has 5 rings (SSSR count). The van der Waals surface area contributed by atoms with E-state index in [1.54, 1.807) is 60.7 Å². The summed E-state index contributed by atoms with van der Waals surface area (Å²) in [6.45, 7) is 1.58. The second-order valence-electron chi connectivity index (χ2n) is 12.0. The van der Waals surface area contributed by atoms with E-state index >= 15 is 0 Å². The molecule has 0 heterocycles. The van der Waals surface area contributed by atoms with Crippen LogP contribution in [0.3, 0.4) is 0 Å². The Morgan fingerprint density at radius 2 is 1.45 bits per heavy atom. The number of amides is 2. The average molecular weight is 723 g/mol. The van der Waals surface area contributed by atoms with Crippen molar-refractivity contribution in [3.63, 3.8) is 0 Å². The highest BCUT2D eigenvalue weighted by Gasteiger charge is 2.36. The number of ether oxygens (including phenoxy) is 1. The summed E-state index contributed by atoms with van der Waals surface area (Å²) in [5.41, 5.74) is 1.60. The SMILES string of the molecule is CCOc1ccc(S(=O)(=O)N(CC(=O)N(Cc2c(Cl)cccc2Cl)[C@H](Cc2ccccc2)C(=O)NC2CCCCC2)c2ccccc2)cc1. The van der Waals surface area contributed by atoms with Crippen LogP contribution in [0.5, 0.6) is 5.75 Å². The maximum Gasteiger partial charge on any atom is 0.264 e. The van der Waals surface area contributed by atoms with Gasteiger partial charge in [-0.15, -0.1) is 0 Å². The van der Waals surface area contributed by atoms with Crippen LogP contribution in [0.2, 0.25) is 10.0 Å². The zero-order chi connectivity index (χ0) is 34.8. The number of hydrogen-bond donors (Lipinski definition) is 1. The first-order valence-electron chi connectivity index (χ1n) is 16.5. The number of rotatable bonds is 14. The van der Waals surface area contributed by atoms with Gasteiger partial charge in [0.15, 0.2) is 0 Å². The van der Waals surface area contributed by atoms with Gasteiger partial charge in [0.1, 0.15) is 18.3 Å². The van der Waals surface area contributed by atoms with Crippen molar-refractivity contribution in [1.82, 2.24) is 10.2 Å². The van der Waals surface area contributed by atoms with Crippen molar-refractivity contribution in [2.24, 2.45) is 0 Å². The molecule has 0 spiro atoms. The van der Waals surface area contributed by atoms with Crippen LogP contribution in [0.4, 0.5) is 5.69 Å². The highest BCUT2D eigenvalue weighted by atomic mass is 35.5. The lowest BCUT2D eigenvalue weighted by atomic mass is 9.94.